The molecular weight excluding hydrogens is 386 g/mol. The van der Waals surface area contributed by atoms with Crippen LogP contribution in [-0.2, 0) is 13.0 Å². The molecule has 0 spiro atoms. The zero-order valence-electron chi connectivity index (χ0n) is 17.0. The first kappa shape index (κ1) is 20.8. The summed E-state index contributed by atoms with van der Waals surface area (Å²) in [6.45, 7) is 3.41. The Labute approximate surface area is 175 Å². The van der Waals surface area contributed by atoms with Crippen LogP contribution >= 0.6 is 11.3 Å². The minimum Gasteiger partial charge on any atom is -0.497 e. The van der Waals surface area contributed by atoms with Gasteiger partial charge in [-0.05, 0) is 48.7 Å². The van der Waals surface area contributed by atoms with Crippen LogP contribution in [0.1, 0.15) is 29.2 Å². The molecule has 29 heavy (non-hydrogen) atoms. The number of guanidine groups is 1. The molecule has 154 valence electrons. The zero-order chi connectivity index (χ0) is 20.5. The van der Waals surface area contributed by atoms with Crippen molar-refractivity contribution in [2.24, 2.45) is 4.99 Å². The molecular formula is C22H27N3O3S. The number of nitrogens with one attached hydrogen (secondary N) is 2. The van der Waals surface area contributed by atoms with Gasteiger partial charge in [0, 0.05) is 23.4 Å². The van der Waals surface area contributed by atoms with Crippen LogP contribution in [0.5, 0.6) is 11.5 Å². The van der Waals surface area contributed by atoms with E-state index in [1.807, 2.05) is 36.4 Å². The number of hydrogen-bond acceptors (Lipinski definition) is 5. The van der Waals surface area contributed by atoms with Gasteiger partial charge < -0.3 is 24.5 Å². The van der Waals surface area contributed by atoms with Crippen LogP contribution in [0.25, 0.3) is 0 Å². The number of rotatable bonds is 9. The van der Waals surface area contributed by atoms with Gasteiger partial charge in [0.2, 0.25) is 0 Å². The average molecular weight is 414 g/mol. The van der Waals surface area contributed by atoms with E-state index in [4.69, 9.17) is 18.9 Å². The highest BCUT2D eigenvalue weighted by atomic mass is 32.1. The molecule has 0 amide bonds. The number of thiophene rings is 1. The van der Waals surface area contributed by atoms with Crippen LogP contribution in [0.3, 0.4) is 0 Å². The van der Waals surface area contributed by atoms with Crippen molar-refractivity contribution in [2.45, 2.75) is 25.9 Å². The molecule has 0 bridgehead atoms. The Bertz CT molecular complexity index is 892. The quantitative estimate of drug-likeness (QED) is 0.402. The summed E-state index contributed by atoms with van der Waals surface area (Å²) in [5.74, 6) is 3.27. The maximum Gasteiger partial charge on any atom is 0.192 e. The Kier molecular flexibility index (Phi) is 7.58. The summed E-state index contributed by atoms with van der Waals surface area (Å²) in [6, 6.07) is 13.8. The molecule has 0 aliphatic heterocycles. The van der Waals surface area contributed by atoms with Gasteiger partial charge >= 0.3 is 0 Å². The Morgan fingerprint density at radius 2 is 2.07 bits per heavy atom. The molecule has 1 unspecified atom stereocenters. The van der Waals surface area contributed by atoms with Crippen LogP contribution < -0.4 is 20.1 Å². The van der Waals surface area contributed by atoms with Crippen molar-refractivity contribution in [1.82, 2.24) is 10.6 Å². The zero-order valence-corrected chi connectivity index (χ0v) is 17.8. The molecule has 7 heteroatoms. The van der Waals surface area contributed by atoms with Crippen LogP contribution in [-0.4, -0.2) is 26.7 Å². The predicted octanol–water partition coefficient (Wildman–Crippen LogP) is 4.40. The van der Waals surface area contributed by atoms with Crippen molar-refractivity contribution >= 4 is 17.3 Å². The fourth-order valence-corrected chi connectivity index (χ4v) is 3.56. The summed E-state index contributed by atoms with van der Waals surface area (Å²) < 4.78 is 16.3. The molecule has 1 aromatic carbocycles. The number of hydrogen-bond donors (Lipinski definition) is 2. The minimum atomic E-state index is -0.0294. The molecule has 2 heterocycles. The van der Waals surface area contributed by atoms with E-state index < -0.39 is 0 Å². The second kappa shape index (κ2) is 10.6. The van der Waals surface area contributed by atoms with Gasteiger partial charge in [0.1, 0.15) is 17.3 Å². The first-order valence-electron chi connectivity index (χ1n) is 9.51. The molecule has 2 N–H and O–H groups in total. The number of methoxy groups -OCH3 is 2. The van der Waals surface area contributed by atoms with Crippen molar-refractivity contribution in [2.75, 3.05) is 20.8 Å². The average Bonchev–Trinajstić information content (AvgIpc) is 3.45. The topological polar surface area (TPSA) is 68.0 Å². The molecule has 0 radical (unpaired) electrons. The molecule has 3 aromatic rings. The Hall–Kier alpha value is -2.93. The second-order valence-corrected chi connectivity index (χ2v) is 7.51. The molecule has 1 atom stereocenters. The van der Waals surface area contributed by atoms with Crippen molar-refractivity contribution in [3.63, 3.8) is 0 Å². The SMILES string of the molecule is COc1ccc(OC)c(C(C)NC(=NCc2cccs2)NCCc2ccco2)c1. The van der Waals surface area contributed by atoms with E-state index in [9.17, 15) is 0 Å². The van der Waals surface area contributed by atoms with Gasteiger partial charge in [-0.2, -0.15) is 0 Å². The van der Waals surface area contributed by atoms with Crippen molar-refractivity contribution in [3.8, 4) is 11.5 Å². The van der Waals surface area contributed by atoms with E-state index in [2.05, 4.69) is 29.0 Å². The van der Waals surface area contributed by atoms with Crippen LogP contribution in [0, 0.1) is 0 Å². The predicted molar refractivity (Wildman–Crippen MR) is 117 cm³/mol. The minimum absolute atomic E-state index is 0.0294. The van der Waals surface area contributed by atoms with Crippen LogP contribution in [0.15, 0.2) is 63.5 Å². The normalized spacial score (nSPS) is 12.4. The fourth-order valence-electron chi connectivity index (χ4n) is 2.93. The van der Waals surface area contributed by atoms with Gasteiger partial charge in [-0.15, -0.1) is 11.3 Å². The van der Waals surface area contributed by atoms with Gasteiger partial charge in [0.05, 0.1) is 33.1 Å². The number of benzene rings is 1. The van der Waals surface area contributed by atoms with Gasteiger partial charge in [-0.1, -0.05) is 6.07 Å². The summed E-state index contributed by atoms with van der Waals surface area (Å²) in [4.78, 5) is 5.96. The lowest BCUT2D eigenvalue weighted by Gasteiger charge is -2.21. The van der Waals surface area contributed by atoms with Gasteiger partial charge in [0.15, 0.2) is 5.96 Å². The third kappa shape index (κ3) is 6.02. The first-order chi connectivity index (χ1) is 14.2. The third-order valence-corrected chi connectivity index (χ3v) is 5.33. The second-order valence-electron chi connectivity index (χ2n) is 6.47. The Morgan fingerprint density at radius 1 is 1.17 bits per heavy atom. The molecule has 6 nitrogen and oxygen atoms in total. The van der Waals surface area contributed by atoms with E-state index in [0.717, 1.165) is 35.2 Å². The van der Waals surface area contributed by atoms with Crippen molar-refractivity contribution in [1.29, 1.82) is 0 Å². The van der Waals surface area contributed by atoms with Gasteiger partial charge in [0.25, 0.3) is 0 Å². The summed E-state index contributed by atoms with van der Waals surface area (Å²) in [5, 5.41) is 8.94. The first-order valence-corrected chi connectivity index (χ1v) is 10.4. The lowest BCUT2D eigenvalue weighted by Crippen LogP contribution is -2.39. The summed E-state index contributed by atoms with van der Waals surface area (Å²) in [5.41, 5.74) is 1.00. The molecule has 0 saturated heterocycles. The molecule has 0 fully saturated rings. The highest BCUT2D eigenvalue weighted by Gasteiger charge is 2.14. The smallest absolute Gasteiger partial charge is 0.192 e. The standard InChI is InChI=1S/C22H27N3O3S/c1-16(20-14-18(26-2)8-9-21(20)27-3)25-22(24-15-19-7-5-13-29-19)23-11-10-17-6-4-12-28-17/h4-9,12-14,16H,10-11,15H2,1-3H3,(H2,23,24,25). The lowest BCUT2D eigenvalue weighted by molar-refractivity contribution is 0.394. The van der Waals surface area contributed by atoms with Crippen molar-refractivity contribution < 1.29 is 13.9 Å². The molecule has 3 rings (SSSR count). The lowest BCUT2D eigenvalue weighted by atomic mass is 10.1. The van der Waals surface area contributed by atoms with Gasteiger partial charge in [-0.25, -0.2) is 4.99 Å². The number of aliphatic imine (C=N–C) groups is 1. The summed E-state index contributed by atoms with van der Waals surface area (Å²) >= 11 is 1.70. The van der Waals surface area contributed by atoms with Crippen molar-refractivity contribution in [3.05, 3.63) is 70.3 Å². The van der Waals surface area contributed by atoms with E-state index in [1.165, 1.54) is 4.88 Å². The summed E-state index contributed by atoms with van der Waals surface area (Å²) in [7, 11) is 3.33. The van der Waals surface area contributed by atoms with Crippen LogP contribution in [0.2, 0.25) is 0 Å². The fraction of sp³-hybridized carbons (Fsp3) is 0.318. The maximum absolute atomic E-state index is 5.53. The summed E-state index contributed by atoms with van der Waals surface area (Å²) in [6.07, 6.45) is 2.47. The molecule has 0 aliphatic carbocycles. The third-order valence-electron chi connectivity index (χ3n) is 4.47. The van der Waals surface area contributed by atoms with E-state index in [0.29, 0.717) is 13.1 Å². The van der Waals surface area contributed by atoms with Gasteiger partial charge in [-0.3, -0.25) is 0 Å². The monoisotopic (exact) mass is 413 g/mol. The van der Waals surface area contributed by atoms with E-state index in [1.54, 1.807) is 31.8 Å². The molecule has 0 aliphatic rings. The molecule has 2 aromatic heterocycles. The highest BCUT2D eigenvalue weighted by molar-refractivity contribution is 7.09. The highest BCUT2D eigenvalue weighted by Crippen LogP contribution is 2.29. The maximum atomic E-state index is 5.53. The molecule has 0 saturated carbocycles. The largest absolute Gasteiger partial charge is 0.497 e. The number of ether oxygens (including phenoxy) is 2. The Morgan fingerprint density at radius 3 is 2.76 bits per heavy atom. The van der Waals surface area contributed by atoms with E-state index in [-0.39, 0.29) is 6.04 Å². The Balaban J connectivity index is 1.71. The van der Waals surface area contributed by atoms with E-state index >= 15 is 0 Å². The number of nitrogens with zero attached hydrogens (tertiary/aromatic N) is 1. The van der Waals surface area contributed by atoms with Crippen LogP contribution in [0.4, 0.5) is 0 Å². The number of furan rings is 1.